The van der Waals surface area contributed by atoms with Crippen LogP contribution in [0.15, 0.2) is 78.9 Å². The monoisotopic (exact) mass is 667 g/mol. The van der Waals surface area contributed by atoms with E-state index >= 15 is 0 Å². The second kappa shape index (κ2) is 14.2. The van der Waals surface area contributed by atoms with Gasteiger partial charge in [0.2, 0.25) is 5.91 Å². The molecule has 0 spiro atoms. The zero-order valence-corrected chi connectivity index (χ0v) is 27.7. The van der Waals surface area contributed by atoms with E-state index in [0.29, 0.717) is 54.2 Å². The summed E-state index contributed by atoms with van der Waals surface area (Å²) in [6.07, 6.45) is 5.13. The fourth-order valence-electron chi connectivity index (χ4n) is 6.99. The molecule has 3 amide bonds. The number of nitrogens with zero attached hydrogens (tertiary/aromatic N) is 3. The predicted molar refractivity (Wildman–Crippen MR) is 182 cm³/mol. The molecule has 6 rings (SSSR count). The maximum atomic E-state index is 14.2. The van der Waals surface area contributed by atoms with Gasteiger partial charge >= 0.3 is 5.97 Å². The number of ether oxygens (including phenoxy) is 2. The Kier molecular flexibility index (Phi) is 9.84. The van der Waals surface area contributed by atoms with Gasteiger partial charge in [-0.25, -0.2) is 0 Å². The van der Waals surface area contributed by atoms with Gasteiger partial charge in [0.25, 0.3) is 11.8 Å². The highest BCUT2D eigenvalue weighted by molar-refractivity contribution is 6.09. The third-order valence-corrected chi connectivity index (χ3v) is 9.72. The molecule has 49 heavy (non-hydrogen) atoms. The van der Waals surface area contributed by atoms with Gasteiger partial charge in [0.05, 0.1) is 31.1 Å². The lowest BCUT2D eigenvalue weighted by atomic mass is 9.82. The fourth-order valence-corrected chi connectivity index (χ4v) is 6.99. The summed E-state index contributed by atoms with van der Waals surface area (Å²) in [5.41, 5.74) is 2.05. The predicted octanol–water partition coefficient (Wildman–Crippen LogP) is 4.15. The number of unbranched alkanes of at least 4 members (excludes halogenated alkanes) is 1. The molecular weight excluding hydrogens is 626 g/mol. The van der Waals surface area contributed by atoms with Gasteiger partial charge in [-0.15, -0.1) is 0 Å². The molecule has 3 atom stereocenters. The second-order valence-electron chi connectivity index (χ2n) is 12.7. The van der Waals surface area contributed by atoms with Gasteiger partial charge in [-0.05, 0) is 60.7 Å². The molecule has 256 valence electrons. The van der Waals surface area contributed by atoms with E-state index in [0.717, 1.165) is 11.1 Å². The third kappa shape index (κ3) is 6.43. The molecule has 0 aromatic heterocycles. The quantitative estimate of drug-likeness (QED) is 0.177. The number of fused-ring (bicyclic) bond motifs is 3. The first-order valence-electron chi connectivity index (χ1n) is 16.6. The summed E-state index contributed by atoms with van der Waals surface area (Å²) >= 11 is 0. The molecule has 0 unspecified atom stereocenters. The molecule has 0 saturated heterocycles. The number of carbonyl (C=O) groups is 4. The van der Waals surface area contributed by atoms with Crippen molar-refractivity contribution in [2.24, 2.45) is 5.92 Å². The number of amides is 3. The normalized spacial score (nSPS) is 20.5. The molecule has 3 aromatic rings. The van der Waals surface area contributed by atoms with Crippen LogP contribution in [0, 0.1) is 5.92 Å². The van der Waals surface area contributed by atoms with E-state index in [1.807, 2.05) is 30.3 Å². The van der Waals surface area contributed by atoms with Gasteiger partial charge in [-0.2, -0.15) is 0 Å². The Morgan fingerprint density at radius 3 is 2.57 bits per heavy atom. The molecule has 0 radical (unpaired) electrons. The number of aliphatic hydroxyl groups is 2. The number of hydrogen-bond donors (Lipinski definition) is 2. The summed E-state index contributed by atoms with van der Waals surface area (Å²) in [5.74, 6) is -1.53. The molecule has 11 heteroatoms. The molecule has 0 bridgehead atoms. The van der Waals surface area contributed by atoms with E-state index in [4.69, 9.17) is 9.47 Å². The zero-order chi connectivity index (χ0) is 34.7. The lowest BCUT2D eigenvalue weighted by molar-refractivity contribution is -0.140. The Bertz CT molecular complexity index is 1790. The summed E-state index contributed by atoms with van der Waals surface area (Å²) in [7, 11) is 1.33. The van der Waals surface area contributed by atoms with Gasteiger partial charge in [0.15, 0.2) is 12.2 Å². The van der Waals surface area contributed by atoms with Gasteiger partial charge in [-0.1, -0.05) is 55.5 Å². The summed E-state index contributed by atoms with van der Waals surface area (Å²) in [6.45, 7) is 2.07. The number of anilines is 3. The van der Waals surface area contributed by atoms with Crippen LogP contribution in [0.2, 0.25) is 0 Å². The lowest BCUT2D eigenvalue weighted by Crippen LogP contribution is -2.46. The molecule has 3 aliphatic heterocycles. The average Bonchev–Trinajstić information content (AvgIpc) is 3.34. The van der Waals surface area contributed by atoms with Gasteiger partial charge < -0.3 is 29.5 Å². The molecule has 2 N–H and O–H groups in total. The Morgan fingerprint density at radius 1 is 1.04 bits per heavy atom. The van der Waals surface area contributed by atoms with Crippen LogP contribution in [-0.4, -0.2) is 71.7 Å². The minimum Gasteiger partial charge on any atom is -0.482 e. The van der Waals surface area contributed by atoms with Crippen LogP contribution in [0.4, 0.5) is 17.1 Å². The fraction of sp³-hybridized carbons (Fsp3) is 0.368. The standard InChI is InChI=1S/C38H41N3O8/c1-25(10-9-15-34(43)40-22-27-12-4-3-11-26(27)20-29(40)23-42)38(47)30-21-28(41-32-13-5-6-14-33(32)49-24-35(41)44)17-18-31(30)39(37(38)46)19-8-7-16-36(45)48-2/h3-6,9-14,17-18,21,25,29,42,47H,7-8,15-16,19-20,22-24H2,1-2H3/b10-9+/t25-,29-,38+/m0/s1. The van der Waals surface area contributed by atoms with Crippen LogP contribution in [0.3, 0.4) is 0 Å². The van der Waals surface area contributed by atoms with E-state index < -0.39 is 17.4 Å². The van der Waals surface area contributed by atoms with E-state index in [1.165, 1.54) is 16.9 Å². The first-order valence-corrected chi connectivity index (χ1v) is 16.6. The van der Waals surface area contributed by atoms with Crippen LogP contribution in [0.5, 0.6) is 5.75 Å². The zero-order valence-electron chi connectivity index (χ0n) is 27.7. The highest BCUT2D eigenvalue weighted by atomic mass is 16.5. The first kappa shape index (κ1) is 33.9. The van der Waals surface area contributed by atoms with Gasteiger partial charge in [0.1, 0.15) is 5.75 Å². The van der Waals surface area contributed by atoms with Crippen molar-refractivity contribution >= 4 is 40.8 Å². The lowest BCUT2D eigenvalue weighted by Gasteiger charge is -2.36. The summed E-state index contributed by atoms with van der Waals surface area (Å²) in [6, 6.07) is 19.9. The van der Waals surface area contributed by atoms with Crippen molar-refractivity contribution in [3.05, 3.63) is 95.6 Å². The van der Waals surface area contributed by atoms with Crippen molar-refractivity contribution in [2.45, 2.75) is 57.2 Å². The summed E-state index contributed by atoms with van der Waals surface area (Å²) < 4.78 is 10.4. The molecule has 0 saturated carbocycles. The van der Waals surface area contributed by atoms with Crippen molar-refractivity contribution in [3.63, 3.8) is 0 Å². The Hall–Kier alpha value is -5.00. The second-order valence-corrected chi connectivity index (χ2v) is 12.7. The molecule has 3 heterocycles. The van der Waals surface area contributed by atoms with Crippen LogP contribution in [0.25, 0.3) is 0 Å². The number of esters is 1. The number of rotatable bonds is 11. The minimum atomic E-state index is -2.00. The van der Waals surface area contributed by atoms with Crippen molar-refractivity contribution < 1.29 is 38.9 Å². The van der Waals surface area contributed by atoms with Gasteiger partial charge in [-0.3, -0.25) is 24.1 Å². The average molecular weight is 668 g/mol. The van der Waals surface area contributed by atoms with E-state index in [-0.39, 0.29) is 56.4 Å². The van der Waals surface area contributed by atoms with Crippen molar-refractivity contribution in [1.29, 1.82) is 0 Å². The van der Waals surface area contributed by atoms with E-state index in [2.05, 4.69) is 0 Å². The van der Waals surface area contributed by atoms with E-state index in [9.17, 15) is 29.4 Å². The summed E-state index contributed by atoms with van der Waals surface area (Å²) in [4.78, 5) is 57.1. The van der Waals surface area contributed by atoms with Crippen molar-refractivity contribution in [1.82, 2.24) is 4.90 Å². The Labute approximate surface area is 285 Å². The van der Waals surface area contributed by atoms with Crippen LogP contribution < -0.4 is 14.5 Å². The molecule has 3 aromatic carbocycles. The Balaban J connectivity index is 1.27. The number of aliphatic hydroxyl groups excluding tert-OH is 1. The Morgan fingerprint density at radius 2 is 1.80 bits per heavy atom. The number of methoxy groups -OCH3 is 1. The largest absolute Gasteiger partial charge is 0.482 e. The molecule has 0 fully saturated rings. The van der Waals surface area contributed by atoms with E-state index in [1.54, 1.807) is 60.4 Å². The molecule has 0 aliphatic carbocycles. The highest BCUT2D eigenvalue weighted by Crippen LogP contribution is 2.48. The smallest absolute Gasteiger partial charge is 0.305 e. The third-order valence-electron chi connectivity index (χ3n) is 9.72. The summed E-state index contributed by atoms with van der Waals surface area (Å²) in [5, 5.41) is 22.4. The number of carbonyl (C=O) groups excluding carboxylic acids is 4. The minimum absolute atomic E-state index is 0.0243. The van der Waals surface area contributed by atoms with Crippen LogP contribution in [0.1, 0.15) is 49.3 Å². The molecule has 11 nitrogen and oxygen atoms in total. The maximum absolute atomic E-state index is 14.2. The van der Waals surface area contributed by atoms with Crippen molar-refractivity contribution in [3.8, 4) is 5.75 Å². The van der Waals surface area contributed by atoms with Crippen LogP contribution >= 0.6 is 0 Å². The number of benzene rings is 3. The highest BCUT2D eigenvalue weighted by Gasteiger charge is 2.52. The van der Waals surface area contributed by atoms with Crippen LogP contribution in [-0.2, 0) is 42.5 Å². The first-order chi connectivity index (χ1) is 23.7. The SMILES string of the molecule is COC(=O)CCCCN1C(=O)[C@@](O)([C@@H](C)/C=C/CC(=O)N2Cc3ccccc3C[C@H]2CO)c2cc(N3C(=O)COc4ccccc43)ccc21. The molecular formula is C38H41N3O8. The topological polar surface area (TPSA) is 137 Å². The molecule has 3 aliphatic rings. The maximum Gasteiger partial charge on any atom is 0.305 e. The van der Waals surface area contributed by atoms with Gasteiger partial charge in [0, 0.05) is 43.1 Å². The van der Waals surface area contributed by atoms with Crippen molar-refractivity contribution in [2.75, 3.05) is 36.7 Å². The number of para-hydroxylation sites is 2. The number of hydrogen-bond acceptors (Lipinski definition) is 8.